The van der Waals surface area contributed by atoms with Gasteiger partial charge >= 0.3 is 0 Å². The summed E-state index contributed by atoms with van der Waals surface area (Å²) in [5.74, 6) is 1.16. The van der Waals surface area contributed by atoms with Gasteiger partial charge in [0.25, 0.3) is 0 Å². The van der Waals surface area contributed by atoms with Gasteiger partial charge < -0.3 is 14.2 Å². The van der Waals surface area contributed by atoms with Crippen LogP contribution < -0.4 is 9.47 Å². The predicted molar refractivity (Wildman–Crippen MR) is 99.7 cm³/mol. The number of benzene rings is 2. The van der Waals surface area contributed by atoms with E-state index in [0.717, 1.165) is 30.2 Å². The highest BCUT2D eigenvalue weighted by atomic mass is 35.5. The number of nitriles is 1. The van der Waals surface area contributed by atoms with Crippen LogP contribution in [0.4, 0.5) is 0 Å². The average molecular weight is 373 g/mol. The SMILES string of the molecule is COc1cc(C#N)ccc1OC[C@H]1CN(Cc2ccccc2Cl)CCO1. The molecule has 0 unspecified atom stereocenters. The predicted octanol–water partition coefficient (Wildman–Crippen LogP) is 3.50. The Hall–Kier alpha value is -2.26. The van der Waals surface area contributed by atoms with Gasteiger partial charge in [-0.25, -0.2) is 0 Å². The maximum atomic E-state index is 8.97. The van der Waals surface area contributed by atoms with E-state index in [0.29, 0.717) is 30.3 Å². The Labute approximate surface area is 158 Å². The Morgan fingerprint density at radius 2 is 2.12 bits per heavy atom. The first-order valence-electron chi connectivity index (χ1n) is 8.48. The van der Waals surface area contributed by atoms with E-state index in [-0.39, 0.29) is 6.10 Å². The molecule has 5 nitrogen and oxygen atoms in total. The second-order valence-electron chi connectivity index (χ2n) is 6.11. The number of methoxy groups -OCH3 is 1. The molecule has 0 amide bonds. The molecule has 0 saturated carbocycles. The first-order valence-corrected chi connectivity index (χ1v) is 8.85. The molecular formula is C20H21ClN2O3. The van der Waals surface area contributed by atoms with Crippen molar-refractivity contribution in [2.75, 3.05) is 33.4 Å². The lowest BCUT2D eigenvalue weighted by molar-refractivity contribution is -0.0506. The fraction of sp³-hybridized carbons (Fsp3) is 0.350. The van der Waals surface area contributed by atoms with Gasteiger partial charge in [-0.1, -0.05) is 29.8 Å². The highest BCUT2D eigenvalue weighted by Gasteiger charge is 2.22. The molecule has 1 saturated heterocycles. The maximum Gasteiger partial charge on any atom is 0.162 e. The number of hydrogen-bond acceptors (Lipinski definition) is 5. The second kappa shape index (κ2) is 8.91. The van der Waals surface area contributed by atoms with E-state index in [4.69, 9.17) is 31.1 Å². The fourth-order valence-corrected chi connectivity index (χ4v) is 3.13. The van der Waals surface area contributed by atoms with Crippen molar-refractivity contribution in [2.24, 2.45) is 0 Å². The minimum atomic E-state index is -0.0356. The van der Waals surface area contributed by atoms with Gasteiger partial charge in [-0.15, -0.1) is 0 Å². The topological polar surface area (TPSA) is 54.7 Å². The van der Waals surface area contributed by atoms with E-state index in [1.807, 2.05) is 24.3 Å². The van der Waals surface area contributed by atoms with Crippen LogP contribution in [0.2, 0.25) is 5.02 Å². The van der Waals surface area contributed by atoms with E-state index in [2.05, 4.69) is 11.0 Å². The lowest BCUT2D eigenvalue weighted by atomic mass is 10.2. The van der Waals surface area contributed by atoms with Gasteiger partial charge in [0.2, 0.25) is 0 Å². The largest absolute Gasteiger partial charge is 0.493 e. The summed E-state index contributed by atoms with van der Waals surface area (Å²) in [5, 5.41) is 9.76. The van der Waals surface area contributed by atoms with Crippen molar-refractivity contribution in [3.05, 3.63) is 58.6 Å². The second-order valence-corrected chi connectivity index (χ2v) is 6.51. The average Bonchev–Trinajstić information content (AvgIpc) is 2.68. The quantitative estimate of drug-likeness (QED) is 0.776. The van der Waals surface area contributed by atoms with Gasteiger partial charge in [-0.3, -0.25) is 4.90 Å². The Morgan fingerprint density at radius 3 is 2.88 bits per heavy atom. The lowest BCUT2D eigenvalue weighted by Crippen LogP contribution is -2.44. The van der Waals surface area contributed by atoms with Crippen LogP contribution in [-0.2, 0) is 11.3 Å². The molecule has 0 N–H and O–H groups in total. The number of hydrogen-bond donors (Lipinski definition) is 0. The van der Waals surface area contributed by atoms with Gasteiger partial charge in [-0.05, 0) is 23.8 Å². The highest BCUT2D eigenvalue weighted by molar-refractivity contribution is 6.31. The molecule has 1 heterocycles. The summed E-state index contributed by atoms with van der Waals surface area (Å²) >= 11 is 6.26. The van der Waals surface area contributed by atoms with Gasteiger partial charge in [-0.2, -0.15) is 5.26 Å². The van der Waals surface area contributed by atoms with Crippen molar-refractivity contribution in [3.63, 3.8) is 0 Å². The normalized spacial score (nSPS) is 17.5. The molecule has 26 heavy (non-hydrogen) atoms. The fourth-order valence-electron chi connectivity index (χ4n) is 2.93. The zero-order valence-corrected chi connectivity index (χ0v) is 15.4. The minimum absolute atomic E-state index is 0.0356. The van der Waals surface area contributed by atoms with Gasteiger partial charge in [0.15, 0.2) is 11.5 Å². The standard InChI is InChI=1S/C20H21ClN2O3/c1-24-20-10-15(11-22)6-7-19(20)26-14-17-13-23(8-9-25-17)12-16-4-2-3-5-18(16)21/h2-7,10,17H,8-9,12-14H2,1H3/t17-/m1/s1. The maximum absolute atomic E-state index is 8.97. The molecule has 1 fully saturated rings. The molecule has 1 aliphatic rings. The van der Waals surface area contributed by atoms with Crippen LogP contribution in [-0.4, -0.2) is 44.4 Å². The molecule has 0 radical (unpaired) electrons. The molecule has 6 heteroatoms. The molecule has 0 bridgehead atoms. The Kier molecular flexibility index (Phi) is 6.35. The number of rotatable bonds is 6. The highest BCUT2D eigenvalue weighted by Crippen LogP contribution is 2.28. The molecule has 1 atom stereocenters. The Bertz CT molecular complexity index is 791. The Morgan fingerprint density at radius 1 is 1.27 bits per heavy atom. The van der Waals surface area contributed by atoms with E-state index in [1.165, 1.54) is 0 Å². The summed E-state index contributed by atoms with van der Waals surface area (Å²) in [6.07, 6.45) is -0.0356. The lowest BCUT2D eigenvalue weighted by Gasteiger charge is -2.33. The summed E-state index contributed by atoms with van der Waals surface area (Å²) in [6, 6.07) is 15.1. The van der Waals surface area contributed by atoms with Crippen molar-refractivity contribution in [3.8, 4) is 17.6 Å². The molecular weight excluding hydrogens is 352 g/mol. The van der Waals surface area contributed by atoms with Crippen LogP contribution >= 0.6 is 11.6 Å². The molecule has 2 aromatic carbocycles. The van der Waals surface area contributed by atoms with Crippen LogP contribution in [0.25, 0.3) is 0 Å². The first-order chi connectivity index (χ1) is 12.7. The molecule has 0 aliphatic carbocycles. The molecule has 0 spiro atoms. The summed E-state index contributed by atoms with van der Waals surface area (Å²) in [5.41, 5.74) is 1.65. The van der Waals surface area contributed by atoms with Crippen molar-refractivity contribution in [1.82, 2.24) is 4.90 Å². The Balaban J connectivity index is 1.57. The molecule has 2 aromatic rings. The van der Waals surface area contributed by atoms with Crippen molar-refractivity contribution in [2.45, 2.75) is 12.6 Å². The molecule has 136 valence electrons. The van der Waals surface area contributed by atoms with Crippen molar-refractivity contribution >= 4 is 11.6 Å². The van der Waals surface area contributed by atoms with Crippen LogP contribution in [0.1, 0.15) is 11.1 Å². The number of nitrogens with zero attached hydrogens (tertiary/aromatic N) is 2. The van der Waals surface area contributed by atoms with E-state index in [9.17, 15) is 0 Å². The first kappa shape index (κ1) is 18.5. The van der Waals surface area contributed by atoms with Crippen LogP contribution in [0.15, 0.2) is 42.5 Å². The summed E-state index contributed by atoms with van der Waals surface area (Å²) in [7, 11) is 1.56. The van der Waals surface area contributed by atoms with Gasteiger partial charge in [0.1, 0.15) is 12.7 Å². The van der Waals surface area contributed by atoms with Gasteiger partial charge in [0, 0.05) is 30.7 Å². The van der Waals surface area contributed by atoms with Crippen molar-refractivity contribution in [1.29, 1.82) is 5.26 Å². The monoisotopic (exact) mass is 372 g/mol. The van der Waals surface area contributed by atoms with Crippen LogP contribution in [0.3, 0.4) is 0 Å². The molecule has 3 rings (SSSR count). The number of halogens is 1. The molecule has 1 aliphatic heterocycles. The third kappa shape index (κ3) is 4.67. The number of morpholine rings is 1. The van der Waals surface area contributed by atoms with E-state index >= 15 is 0 Å². The van der Waals surface area contributed by atoms with Gasteiger partial charge in [0.05, 0.1) is 25.3 Å². The summed E-state index contributed by atoms with van der Waals surface area (Å²) < 4.78 is 17.0. The summed E-state index contributed by atoms with van der Waals surface area (Å²) in [6.45, 7) is 3.50. The zero-order valence-electron chi connectivity index (χ0n) is 14.7. The summed E-state index contributed by atoms with van der Waals surface area (Å²) in [4.78, 5) is 2.31. The third-order valence-corrected chi connectivity index (χ3v) is 4.66. The minimum Gasteiger partial charge on any atom is -0.493 e. The van der Waals surface area contributed by atoms with Crippen molar-refractivity contribution < 1.29 is 14.2 Å². The van der Waals surface area contributed by atoms with Crippen LogP contribution in [0.5, 0.6) is 11.5 Å². The molecule has 0 aromatic heterocycles. The number of ether oxygens (including phenoxy) is 3. The third-order valence-electron chi connectivity index (χ3n) is 4.29. The van der Waals surface area contributed by atoms with E-state index in [1.54, 1.807) is 25.3 Å². The van der Waals surface area contributed by atoms with E-state index < -0.39 is 0 Å². The zero-order chi connectivity index (χ0) is 18.4. The smallest absolute Gasteiger partial charge is 0.162 e. The van der Waals surface area contributed by atoms with Crippen LogP contribution in [0, 0.1) is 11.3 Å².